The first-order valence-corrected chi connectivity index (χ1v) is 22.1. The van der Waals surface area contributed by atoms with Crippen LogP contribution in [0.15, 0.2) is 122 Å². The molecule has 0 aromatic rings. The predicted molar refractivity (Wildman–Crippen MR) is 244 cm³/mol. The zero-order valence-corrected chi connectivity index (χ0v) is 37.4. The normalized spacial score (nSPS) is 14.1. The zero-order valence-electron chi connectivity index (χ0n) is 37.4. The highest BCUT2D eigenvalue weighted by Crippen LogP contribution is 2.10. The van der Waals surface area contributed by atoms with Crippen LogP contribution in [0.5, 0.6) is 0 Å². The molecule has 0 bridgehead atoms. The molecule has 0 fully saturated rings. The van der Waals surface area contributed by atoms with E-state index in [1.165, 1.54) is 0 Å². The lowest BCUT2D eigenvalue weighted by Gasteiger charge is -2.34. The number of esters is 2. The standard InChI is InChI=1S/C51H79NO7/c1-6-8-10-12-14-16-18-20-21-22-23-24-25-26-27-28-29-30-32-34-36-38-40-42-50(54)59-47(45-57-44-43-48(51(55)56)52(3,4)5)46-58-49(53)41-39-37-35-33-31-19-17-15-13-11-9-7-2/h8-11,14-17,20-21,23-24,26-27,29-31,33-34,36,47-48H,6-7,12-13,18-19,22,25,28,32,35,37-46H2,1-5H3/b10-8+,11-9+,16-14+,17-15+,21-20+,24-23+,27-26+,30-29+,33-31+,36-34+. The van der Waals surface area contributed by atoms with Gasteiger partial charge in [-0.2, -0.15) is 0 Å². The summed E-state index contributed by atoms with van der Waals surface area (Å²) in [6, 6.07) is -0.749. The summed E-state index contributed by atoms with van der Waals surface area (Å²) in [7, 11) is 5.35. The number of carboxylic acids is 1. The number of carbonyl (C=O) groups is 3. The molecular formula is C51H79NO7. The fraction of sp³-hybridized carbons (Fsp3) is 0.549. The largest absolute Gasteiger partial charge is 0.544 e. The molecule has 0 radical (unpaired) electrons. The molecule has 0 spiro atoms. The van der Waals surface area contributed by atoms with Crippen molar-refractivity contribution >= 4 is 17.9 Å². The molecule has 0 saturated heterocycles. The Morgan fingerprint density at radius 1 is 0.508 bits per heavy atom. The summed E-state index contributed by atoms with van der Waals surface area (Å²) in [6.45, 7) is 4.29. The minimum atomic E-state index is -1.15. The zero-order chi connectivity index (χ0) is 43.5. The maximum atomic E-state index is 12.7. The molecule has 0 saturated carbocycles. The second-order valence-electron chi connectivity index (χ2n) is 15.2. The number of carbonyl (C=O) groups excluding carboxylic acids is 3. The minimum Gasteiger partial charge on any atom is -0.544 e. The average Bonchev–Trinajstić information content (AvgIpc) is 3.19. The summed E-state index contributed by atoms with van der Waals surface area (Å²) in [5.41, 5.74) is 0. The quantitative estimate of drug-likeness (QED) is 0.0266. The second kappa shape index (κ2) is 40.5. The summed E-state index contributed by atoms with van der Waals surface area (Å²) in [6.07, 6.45) is 56.7. The molecule has 2 atom stereocenters. The van der Waals surface area contributed by atoms with Gasteiger partial charge in [-0.3, -0.25) is 9.59 Å². The van der Waals surface area contributed by atoms with Crippen LogP contribution in [0.25, 0.3) is 0 Å². The number of aliphatic carboxylic acids is 1. The molecule has 0 aromatic carbocycles. The van der Waals surface area contributed by atoms with Gasteiger partial charge in [0.05, 0.1) is 40.3 Å². The molecule has 0 aliphatic carbocycles. The molecule has 59 heavy (non-hydrogen) atoms. The Morgan fingerprint density at radius 3 is 1.31 bits per heavy atom. The summed E-state index contributed by atoms with van der Waals surface area (Å²) in [4.78, 5) is 36.8. The van der Waals surface area contributed by atoms with Gasteiger partial charge in [0.1, 0.15) is 12.6 Å². The van der Waals surface area contributed by atoms with Crippen molar-refractivity contribution in [1.82, 2.24) is 0 Å². The van der Waals surface area contributed by atoms with Crippen molar-refractivity contribution in [3.8, 4) is 0 Å². The lowest BCUT2D eigenvalue weighted by Crippen LogP contribution is -2.55. The van der Waals surface area contributed by atoms with E-state index in [9.17, 15) is 19.5 Å². The van der Waals surface area contributed by atoms with Gasteiger partial charge < -0.3 is 28.6 Å². The summed E-state index contributed by atoms with van der Waals surface area (Å²) in [5.74, 6) is -1.89. The monoisotopic (exact) mass is 818 g/mol. The number of unbranched alkanes of at least 4 members (excludes halogenated alkanes) is 3. The summed E-state index contributed by atoms with van der Waals surface area (Å²) < 4.78 is 17.0. The average molecular weight is 818 g/mol. The van der Waals surface area contributed by atoms with Gasteiger partial charge in [0.25, 0.3) is 0 Å². The topological polar surface area (TPSA) is 102 Å². The molecule has 0 aliphatic heterocycles. The van der Waals surface area contributed by atoms with E-state index in [-0.39, 0.29) is 49.5 Å². The van der Waals surface area contributed by atoms with Crippen molar-refractivity contribution in [3.05, 3.63) is 122 Å². The Kier molecular flexibility index (Phi) is 37.6. The number of ether oxygens (including phenoxy) is 3. The van der Waals surface area contributed by atoms with E-state index >= 15 is 0 Å². The van der Waals surface area contributed by atoms with E-state index in [2.05, 4.69) is 135 Å². The third-order valence-corrected chi connectivity index (χ3v) is 8.84. The Bertz CT molecular complexity index is 1370. The first kappa shape index (κ1) is 54.7. The molecule has 330 valence electrons. The lowest BCUT2D eigenvalue weighted by atomic mass is 10.1. The molecular weight excluding hydrogens is 739 g/mol. The Hall–Kier alpha value is -4.27. The number of rotatable bonds is 37. The van der Waals surface area contributed by atoms with Crippen LogP contribution in [0, 0.1) is 0 Å². The van der Waals surface area contributed by atoms with Crippen molar-refractivity contribution in [3.63, 3.8) is 0 Å². The van der Waals surface area contributed by atoms with Gasteiger partial charge in [0.15, 0.2) is 6.10 Å². The molecule has 0 heterocycles. The fourth-order valence-electron chi connectivity index (χ4n) is 5.48. The molecule has 8 nitrogen and oxygen atoms in total. The fourth-order valence-corrected chi connectivity index (χ4v) is 5.48. The second-order valence-corrected chi connectivity index (χ2v) is 15.2. The number of quaternary nitrogens is 1. The van der Waals surface area contributed by atoms with Crippen molar-refractivity contribution in [2.75, 3.05) is 41.0 Å². The van der Waals surface area contributed by atoms with Crippen LogP contribution in [0.1, 0.15) is 129 Å². The number of likely N-dealkylation sites (N-methyl/N-ethyl adjacent to an activating group) is 1. The van der Waals surface area contributed by atoms with Crippen molar-refractivity contribution in [2.45, 2.75) is 142 Å². The number of carboxylic acid groups (broad SMARTS) is 1. The molecule has 0 aliphatic rings. The lowest BCUT2D eigenvalue weighted by molar-refractivity contribution is -0.889. The van der Waals surface area contributed by atoms with E-state index in [1.54, 1.807) is 21.1 Å². The van der Waals surface area contributed by atoms with Gasteiger partial charge in [-0.25, -0.2) is 0 Å². The third-order valence-electron chi connectivity index (χ3n) is 8.84. The first-order chi connectivity index (χ1) is 28.6. The van der Waals surface area contributed by atoms with Gasteiger partial charge in [-0.05, 0) is 96.3 Å². The van der Waals surface area contributed by atoms with Crippen LogP contribution >= 0.6 is 0 Å². The summed E-state index contributed by atoms with van der Waals surface area (Å²) in [5, 5.41) is 11.6. The molecule has 8 heteroatoms. The van der Waals surface area contributed by atoms with Crippen LogP contribution in [0.3, 0.4) is 0 Å². The number of hydrogen-bond donors (Lipinski definition) is 0. The van der Waals surface area contributed by atoms with E-state index in [1.807, 2.05) is 0 Å². The SMILES string of the molecule is CC/C=C/C/C=C/C/C=C/C/C=C/C/C=C/C/C=C/C/C=C/CCCC(=O)OC(COCCC(C(=O)[O-])[N+](C)(C)C)COC(=O)CCCC/C=C/C/C=C/C/C=C/CC. The van der Waals surface area contributed by atoms with Crippen LogP contribution in [0.2, 0.25) is 0 Å². The minimum absolute atomic E-state index is 0.00405. The Balaban J connectivity index is 4.50. The van der Waals surface area contributed by atoms with Crippen molar-refractivity contribution < 1.29 is 38.2 Å². The van der Waals surface area contributed by atoms with Gasteiger partial charge in [0.2, 0.25) is 0 Å². The van der Waals surface area contributed by atoms with E-state index in [0.717, 1.165) is 83.5 Å². The van der Waals surface area contributed by atoms with Gasteiger partial charge in [-0.1, -0.05) is 135 Å². The smallest absolute Gasteiger partial charge is 0.306 e. The Labute approximate surface area is 359 Å². The van der Waals surface area contributed by atoms with Gasteiger partial charge in [-0.15, -0.1) is 0 Å². The van der Waals surface area contributed by atoms with Crippen LogP contribution in [-0.2, 0) is 28.6 Å². The van der Waals surface area contributed by atoms with Crippen LogP contribution in [0.4, 0.5) is 0 Å². The molecule has 0 amide bonds. The van der Waals surface area contributed by atoms with Crippen LogP contribution < -0.4 is 5.11 Å². The molecule has 0 aromatic heterocycles. The maximum absolute atomic E-state index is 12.7. The van der Waals surface area contributed by atoms with Crippen LogP contribution in [-0.4, -0.2) is 75.5 Å². The summed E-state index contributed by atoms with van der Waals surface area (Å²) >= 11 is 0. The molecule has 0 N–H and O–H groups in total. The molecule has 0 rings (SSSR count). The van der Waals surface area contributed by atoms with E-state index < -0.39 is 24.1 Å². The van der Waals surface area contributed by atoms with Crippen molar-refractivity contribution in [2.24, 2.45) is 0 Å². The highest BCUT2D eigenvalue weighted by molar-refractivity contribution is 5.70. The Morgan fingerprint density at radius 2 is 0.898 bits per heavy atom. The first-order valence-electron chi connectivity index (χ1n) is 22.1. The van der Waals surface area contributed by atoms with E-state index in [4.69, 9.17) is 14.2 Å². The van der Waals surface area contributed by atoms with Gasteiger partial charge in [0, 0.05) is 19.3 Å². The predicted octanol–water partition coefficient (Wildman–Crippen LogP) is 10.9. The maximum Gasteiger partial charge on any atom is 0.306 e. The van der Waals surface area contributed by atoms with E-state index in [0.29, 0.717) is 12.8 Å². The number of allylic oxidation sites excluding steroid dienone is 20. The molecule has 2 unspecified atom stereocenters. The third kappa shape index (κ3) is 39.0. The van der Waals surface area contributed by atoms with Gasteiger partial charge >= 0.3 is 11.9 Å². The highest BCUT2D eigenvalue weighted by Gasteiger charge is 2.25. The number of hydrogen-bond acceptors (Lipinski definition) is 7. The highest BCUT2D eigenvalue weighted by atomic mass is 16.6. The number of nitrogens with zero attached hydrogens (tertiary/aromatic N) is 1. The van der Waals surface area contributed by atoms with Crippen molar-refractivity contribution in [1.29, 1.82) is 0 Å².